The zero-order valence-corrected chi connectivity index (χ0v) is 8.86. The van der Waals surface area contributed by atoms with Gasteiger partial charge in [0.05, 0.1) is 11.4 Å². The van der Waals surface area contributed by atoms with Crippen LogP contribution < -0.4 is 11.1 Å². The van der Waals surface area contributed by atoms with Crippen LogP contribution in [0.4, 0.5) is 0 Å². The van der Waals surface area contributed by atoms with E-state index in [-0.39, 0.29) is 11.7 Å². The number of amidine groups is 1. The minimum absolute atomic E-state index is 0.0581. The molecule has 6 heteroatoms. The molecule has 1 amide bonds. The number of nitrogens with one attached hydrogen (secondary N) is 3. The Balaban J connectivity index is 2.50. The number of H-pyrrole nitrogens is 1. The maximum absolute atomic E-state index is 11.5. The van der Waals surface area contributed by atoms with Crippen molar-refractivity contribution in [3.8, 4) is 0 Å². The van der Waals surface area contributed by atoms with Gasteiger partial charge in [-0.15, -0.1) is 0 Å². The number of aromatic nitrogens is 1. The van der Waals surface area contributed by atoms with Gasteiger partial charge in [0.25, 0.3) is 5.91 Å². The van der Waals surface area contributed by atoms with Crippen molar-refractivity contribution in [2.45, 2.75) is 6.42 Å². The molecule has 1 aromatic heterocycles. The molecule has 0 bridgehead atoms. The lowest BCUT2D eigenvalue weighted by Crippen LogP contribution is -2.27. The second-order valence-electron chi connectivity index (χ2n) is 2.97. The molecule has 5 N–H and O–H groups in total. The van der Waals surface area contributed by atoms with E-state index in [0.717, 1.165) is 0 Å². The molecule has 0 aliphatic heterocycles. The van der Waals surface area contributed by atoms with Crippen molar-refractivity contribution in [2.24, 2.45) is 5.73 Å². The highest BCUT2D eigenvalue weighted by atomic mass is 32.1. The van der Waals surface area contributed by atoms with Gasteiger partial charge in [0.2, 0.25) is 0 Å². The van der Waals surface area contributed by atoms with Gasteiger partial charge in [-0.05, 0) is 12.1 Å². The number of amides is 1. The van der Waals surface area contributed by atoms with Crippen molar-refractivity contribution in [2.75, 3.05) is 6.54 Å². The highest BCUT2D eigenvalue weighted by molar-refractivity contribution is 7.71. The van der Waals surface area contributed by atoms with Gasteiger partial charge in [-0.1, -0.05) is 12.2 Å². The van der Waals surface area contributed by atoms with Gasteiger partial charge in [0.1, 0.15) is 4.64 Å². The van der Waals surface area contributed by atoms with Crippen molar-refractivity contribution in [1.29, 1.82) is 5.41 Å². The topological polar surface area (TPSA) is 94.8 Å². The fourth-order valence-electron chi connectivity index (χ4n) is 0.965. The van der Waals surface area contributed by atoms with E-state index in [1.807, 2.05) is 0 Å². The minimum atomic E-state index is -0.206. The Kier molecular flexibility index (Phi) is 3.99. The van der Waals surface area contributed by atoms with Crippen molar-refractivity contribution in [3.63, 3.8) is 0 Å². The lowest BCUT2D eigenvalue weighted by Gasteiger charge is -2.03. The first-order chi connectivity index (χ1) is 7.09. The average Bonchev–Trinajstić information content (AvgIpc) is 2.18. The fourth-order valence-corrected chi connectivity index (χ4v) is 1.09. The molecule has 5 nitrogen and oxygen atoms in total. The summed E-state index contributed by atoms with van der Waals surface area (Å²) in [7, 11) is 0. The molecule has 1 rings (SSSR count). The summed E-state index contributed by atoms with van der Waals surface area (Å²) >= 11 is 4.85. The molecule has 0 fully saturated rings. The molecule has 80 valence electrons. The van der Waals surface area contributed by atoms with Gasteiger partial charge < -0.3 is 16.0 Å². The van der Waals surface area contributed by atoms with Crippen molar-refractivity contribution < 1.29 is 4.79 Å². The number of carbonyl (C=O) groups excluding carboxylic acids is 1. The molecule has 15 heavy (non-hydrogen) atoms. The standard InChI is InChI=1S/C9H12N4OS/c10-7(11)3-4-12-9(14)6-1-2-8(15)13-5-6/h1-2,5H,3-4H2,(H3,10,11)(H,12,14)(H,13,15). The van der Waals surface area contributed by atoms with Gasteiger partial charge in [-0.2, -0.15) is 0 Å². The second kappa shape index (κ2) is 5.26. The van der Waals surface area contributed by atoms with E-state index in [0.29, 0.717) is 23.2 Å². The van der Waals surface area contributed by atoms with E-state index < -0.39 is 0 Å². The molecule has 0 aliphatic carbocycles. The summed E-state index contributed by atoms with van der Waals surface area (Å²) in [6, 6.07) is 3.29. The Hall–Kier alpha value is -1.69. The van der Waals surface area contributed by atoms with Gasteiger partial charge in [0, 0.05) is 19.2 Å². The lowest BCUT2D eigenvalue weighted by atomic mass is 10.2. The monoisotopic (exact) mass is 224 g/mol. The summed E-state index contributed by atoms with van der Waals surface area (Å²) in [6.45, 7) is 0.365. The smallest absolute Gasteiger partial charge is 0.252 e. The van der Waals surface area contributed by atoms with Gasteiger partial charge in [-0.25, -0.2) is 0 Å². The van der Waals surface area contributed by atoms with Crippen molar-refractivity contribution in [3.05, 3.63) is 28.5 Å². The number of carbonyl (C=O) groups is 1. The van der Waals surface area contributed by atoms with Crippen LogP contribution in [0.1, 0.15) is 16.8 Å². The van der Waals surface area contributed by atoms with Crippen LogP contribution in [0.15, 0.2) is 18.3 Å². The molecule has 0 saturated heterocycles. The Bertz CT molecular complexity index is 406. The van der Waals surface area contributed by atoms with Gasteiger partial charge in [0.15, 0.2) is 0 Å². The first-order valence-electron chi connectivity index (χ1n) is 4.39. The number of aromatic amines is 1. The molecule has 0 spiro atoms. The highest BCUT2D eigenvalue weighted by Gasteiger charge is 2.03. The molecule has 0 aliphatic rings. The molecule has 0 atom stereocenters. The Morgan fingerprint density at radius 1 is 1.60 bits per heavy atom. The van der Waals surface area contributed by atoms with Crippen LogP contribution >= 0.6 is 12.2 Å². The first-order valence-corrected chi connectivity index (χ1v) is 4.80. The third-order valence-corrected chi connectivity index (χ3v) is 1.98. The molecular formula is C9H12N4OS. The van der Waals surface area contributed by atoms with Crippen LogP contribution in [-0.2, 0) is 0 Å². The number of pyridine rings is 1. The van der Waals surface area contributed by atoms with Crippen LogP contribution in [-0.4, -0.2) is 23.3 Å². The molecule has 0 radical (unpaired) electrons. The third-order valence-electron chi connectivity index (χ3n) is 1.73. The minimum Gasteiger partial charge on any atom is -0.388 e. The molecule has 0 aromatic carbocycles. The number of rotatable bonds is 4. The van der Waals surface area contributed by atoms with Crippen LogP contribution in [0.25, 0.3) is 0 Å². The summed E-state index contributed by atoms with van der Waals surface area (Å²) in [5, 5.41) is 9.61. The highest BCUT2D eigenvalue weighted by Crippen LogP contribution is 1.96. The van der Waals surface area contributed by atoms with E-state index in [1.54, 1.807) is 18.3 Å². The molecule has 0 unspecified atom stereocenters. The third kappa shape index (κ3) is 3.90. The van der Waals surface area contributed by atoms with Crippen molar-refractivity contribution in [1.82, 2.24) is 10.3 Å². The van der Waals surface area contributed by atoms with Gasteiger partial charge in [-0.3, -0.25) is 10.2 Å². The first kappa shape index (κ1) is 11.4. The largest absolute Gasteiger partial charge is 0.388 e. The quantitative estimate of drug-likeness (QED) is 0.346. The zero-order valence-electron chi connectivity index (χ0n) is 8.04. The number of hydrogen-bond acceptors (Lipinski definition) is 3. The molecular weight excluding hydrogens is 212 g/mol. The van der Waals surface area contributed by atoms with E-state index in [1.165, 1.54) is 0 Å². The van der Waals surface area contributed by atoms with Crippen LogP contribution in [0.3, 0.4) is 0 Å². The lowest BCUT2D eigenvalue weighted by molar-refractivity contribution is 0.0954. The second-order valence-corrected chi connectivity index (χ2v) is 3.41. The summed E-state index contributed by atoms with van der Waals surface area (Å²) in [5.41, 5.74) is 5.66. The summed E-state index contributed by atoms with van der Waals surface area (Å²) in [4.78, 5) is 14.2. The SMILES string of the molecule is N=C(N)CCNC(=O)c1ccc(=S)[nH]c1. The molecule has 0 saturated carbocycles. The summed E-state index contributed by atoms with van der Waals surface area (Å²) in [5.74, 6) is -0.148. The van der Waals surface area contributed by atoms with Crippen LogP contribution in [0.5, 0.6) is 0 Å². The Morgan fingerprint density at radius 3 is 2.87 bits per heavy atom. The predicted octanol–water partition coefficient (Wildman–Crippen LogP) is 0.800. The fraction of sp³-hybridized carbons (Fsp3) is 0.222. The number of hydrogen-bond donors (Lipinski definition) is 4. The predicted molar refractivity (Wildman–Crippen MR) is 60.5 cm³/mol. The maximum atomic E-state index is 11.5. The van der Waals surface area contributed by atoms with E-state index >= 15 is 0 Å². The zero-order chi connectivity index (χ0) is 11.3. The Labute approximate surface area is 92.2 Å². The van der Waals surface area contributed by atoms with E-state index in [9.17, 15) is 4.79 Å². The Morgan fingerprint density at radius 2 is 2.33 bits per heavy atom. The van der Waals surface area contributed by atoms with Gasteiger partial charge >= 0.3 is 0 Å². The van der Waals surface area contributed by atoms with Crippen LogP contribution in [0.2, 0.25) is 0 Å². The molecule has 1 aromatic rings. The van der Waals surface area contributed by atoms with E-state index in [4.69, 9.17) is 23.4 Å². The average molecular weight is 224 g/mol. The normalized spacial score (nSPS) is 9.60. The number of nitrogens with two attached hydrogens (primary N) is 1. The summed E-state index contributed by atoms with van der Waals surface area (Å²) < 4.78 is 0.579. The molecule has 1 heterocycles. The summed E-state index contributed by atoms with van der Waals surface area (Å²) in [6.07, 6.45) is 1.90. The van der Waals surface area contributed by atoms with E-state index in [2.05, 4.69) is 10.3 Å². The van der Waals surface area contributed by atoms with Crippen molar-refractivity contribution >= 4 is 24.0 Å². The van der Waals surface area contributed by atoms with Crippen LogP contribution in [0, 0.1) is 10.0 Å². The maximum Gasteiger partial charge on any atom is 0.252 e.